The van der Waals surface area contributed by atoms with E-state index in [1.165, 1.54) is 0 Å². The highest BCUT2D eigenvalue weighted by molar-refractivity contribution is 5.83. The van der Waals surface area contributed by atoms with Gasteiger partial charge in [0, 0.05) is 18.0 Å². The van der Waals surface area contributed by atoms with Crippen molar-refractivity contribution in [3.8, 4) is 23.0 Å². The number of hydrogen-bond acceptors (Lipinski definition) is 6. The second kappa shape index (κ2) is 7.00. The number of nitrogen functional groups attached to an aromatic ring is 1. The summed E-state index contributed by atoms with van der Waals surface area (Å²) in [6.45, 7) is -1.03. The van der Waals surface area contributed by atoms with Gasteiger partial charge in [0.05, 0.1) is 12.2 Å². The average Bonchev–Trinajstić information content (AvgIpc) is 3.07. The Morgan fingerprint density at radius 2 is 1.89 bits per heavy atom. The molecule has 0 bridgehead atoms. The summed E-state index contributed by atoms with van der Waals surface area (Å²) in [5.41, 5.74) is 9.34. The van der Waals surface area contributed by atoms with Gasteiger partial charge in [0.15, 0.2) is 11.5 Å². The molecule has 3 aromatic heterocycles. The van der Waals surface area contributed by atoms with Crippen molar-refractivity contribution in [2.45, 2.75) is 6.61 Å². The van der Waals surface area contributed by atoms with E-state index < -0.39 is 6.86 Å². The van der Waals surface area contributed by atoms with Crippen LogP contribution >= 0.6 is 0 Å². The van der Waals surface area contributed by atoms with E-state index in [0.717, 1.165) is 11.3 Å². The van der Waals surface area contributed by atoms with Gasteiger partial charge in [-0.05, 0) is 35.9 Å². The standard InChI is InChI=1S/C19H16FN5O2/c20-11-27-16-8-7-15-19(24-16)25(13-5-3-12(10-26)4-6-13)18(23-15)14-2-1-9-22-17(14)21/h1-9,26H,10-11H2,(H2,21,22). The molecule has 7 nitrogen and oxygen atoms in total. The first-order valence-electron chi connectivity index (χ1n) is 8.20. The van der Waals surface area contributed by atoms with Crippen LogP contribution in [0.5, 0.6) is 5.88 Å². The van der Waals surface area contributed by atoms with Gasteiger partial charge in [-0.15, -0.1) is 0 Å². The highest BCUT2D eigenvalue weighted by Gasteiger charge is 2.18. The van der Waals surface area contributed by atoms with Gasteiger partial charge in [-0.3, -0.25) is 4.57 Å². The van der Waals surface area contributed by atoms with Crippen molar-refractivity contribution in [3.05, 3.63) is 60.3 Å². The lowest BCUT2D eigenvalue weighted by Crippen LogP contribution is -2.02. The molecule has 0 aliphatic rings. The van der Waals surface area contributed by atoms with Gasteiger partial charge in [-0.1, -0.05) is 12.1 Å². The number of nitrogens with zero attached hydrogens (tertiary/aromatic N) is 4. The zero-order valence-corrected chi connectivity index (χ0v) is 14.2. The maximum Gasteiger partial charge on any atom is 0.230 e. The topological polar surface area (TPSA) is 99.1 Å². The molecule has 0 aliphatic heterocycles. The van der Waals surface area contributed by atoms with Crippen LogP contribution in [0.25, 0.3) is 28.2 Å². The number of pyridine rings is 2. The first-order valence-corrected chi connectivity index (χ1v) is 8.20. The van der Waals surface area contributed by atoms with E-state index in [9.17, 15) is 9.50 Å². The fourth-order valence-corrected chi connectivity index (χ4v) is 2.86. The zero-order valence-electron chi connectivity index (χ0n) is 14.2. The third-order valence-corrected chi connectivity index (χ3v) is 4.14. The molecule has 0 radical (unpaired) electrons. The van der Waals surface area contributed by atoms with Crippen LogP contribution in [0.15, 0.2) is 54.7 Å². The third-order valence-electron chi connectivity index (χ3n) is 4.14. The van der Waals surface area contributed by atoms with Crippen LogP contribution in [0.2, 0.25) is 0 Å². The van der Waals surface area contributed by atoms with E-state index in [1.807, 2.05) is 18.2 Å². The van der Waals surface area contributed by atoms with Gasteiger partial charge in [-0.25, -0.2) is 14.4 Å². The molecule has 8 heteroatoms. The molecule has 0 spiro atoms. The van der Waals surface area contributed by atoms with Crippen molar-refractivity contribution in [1.82, 2.24) is 19.5 Å². The Balaban J connectivity index is 2.00. The molecular weight excluding hydrogens is 349 g/mol. The van der Waals surface area contributed by atoms with E-state index in [4.69, 9.17) is 10.5 Å². The molecule has 0 aliphatic carbocycles. The normalized spacial score (nSPS) is 11.0. The smallest absolute Gasteiger partial charge is 0.230 e. The molecule has 0 atom stereocenters. The summed E-state index contributed by atoms with van der Waals surface area (Å²) < 4.78 is 19.3. The van der Waals surface area contributed by atoms with Gasteiger partial charge in [0.2, 0.25) is 12.7 Å². The second-order valence-corrected chi connectivity index (χ2v) is 5.78. The van der Waals surface area contributed by atoms with Crippen LogP contribution in [0, 0.1) is 0 Å². The van der Waals surface area contributed by atoms with Crippen molar-refractivity contribution in [3.63, 3.8) is 0 Å². The average molecular weight is 365 g/mol. The number of benzene rings is 1. The molecule has 0 fully saturated rings. The number of anilines is 1. The summed E-state index contributed by atoms with van der Waals surface area (Å²) in [5.74, 6) is 1.04. The van der Waals surface area contributed by atoms with Crippen LogP contribution in [0.1, 0.15) is 5.56 Å². The Hall–Kier alpha value is -3.52. The predicted octanol–water partition coefficient (Wildman–Crippen LogP) is 2.86. The molecule has 136 valence electrons. The molecule has 4 rings (SSSR count). The minimum atomic E-state index is -0.972. The van der Waals surface area contributed by atoms with Crippen LogP contribution in [0.4, 0.5) is 10.2 Å². The van der Waals surface area contributed by atoms with E-state index in [1.54, 1.807) is 41.1 Å². The highest BCUT2D eigenvalue weighted by Crippen LogP contribution is 2.31. The number of imidazole rings is 1. The van der Waals surface area contributed by atoms with Crippen molar-refractivity contribution in [2.24, 2.45) is 0 Å². The Labute approximate surface area is 153 Å². The summed E-state index contributed by atoms with van der Waals surface area (Å²) in [7, 11) is 0. The molecule has 4 aromatic rings. The second-order valence-electron chi connectivity index (χ2n) is 5.78. The van der Waals surface area contributed by atoms with E-state index in [0.29, 0.717) is 28.4 Å². The minimum absolute atomic E-state index is 0.0555. The van der Waals surface area contributed by atoms with E-state index >= 15 is 0 Å². The molecule has 3 heterocycles. The molecule has 0 unspecified atom stereocenters. The zero-order chi connectivity index (χ0) is 18.8. The predicted molar refractivity (Wildman–Crippen MR) is 99.0 cm³/mol. The quantitative estimate of drug-likeness (QED) is 0.564. The first kappa shape index (κ1) is 16.9. The van der Waals surface area contributed by atoms with Crippen LogP contribution in [0.3, 0.4) is 0 Å². The highest BCUT2D eigenvalue weighted by atomic mass is 19.1. The van der Waals surface area contributed by atoms with Crippen LogP contribution in [-0.4, -0.2) is 31.5 Å². The van der Waals surface area contributed by atoms with Gasteiger partial charge >= 0.3 is 0 Å². The molecule has 0 amide bonds. The van der Waals surface area contributed by atoms with E-state index in [-0.39, 0.29) is 12.5 Å². The molecule has 3 N–H and O–H groups in total. The fourth-order valence-electron chi connectivity index (χ4n) is 2.86. The molecule has 1 aromatic carbocycles. The summed E-state index contributed by atoms with van der Waals surface area (Å²) in [6.07, 6.45) is 1.60. The molecule has 0 saturated carbocycles. The summed E-state index contributed by atoms with van der Waals surface area (Å²) in [6, 6.07) is 14.2. The Bertz CT molecular complexity index is 1100. The maximum atomic E-state index is 12.6. The van der Waals surface area contributed by atoms with Crippen LogP contribution < -0.4 is 10.5 Å². The Morgan fingerprint density at radius 3 is 2.59 bits per heavy atom. The Kier molecular flexibility index (Phi) is 4.39. The summed E-state index contributed by atoms with van der Waals surface area (Å²) in [5, 5.41) is 9.29. The largest absolute Gasteiger partial charge is 0.446 e. The van der Waals surface area contributed by atoms with Crippen molar-refractivity contribution < 1.29 is 14.2 Å². The van der Waals surface area contributed by atoms with Gasteiger partial charge in [0.25, 0.3) is 0 Å². The number of nitrogens with two attached hydrogens (primary N) is 1. The SMILES string of the molecule is Nc1ncccc1-c1nc2ccc(OCF)nc2n1-c1ccc(CO)cc1. The fraction of sp³-hybridized carbons (Fsp3) is 0.105. The summed E-state index contributed by atoms with van der Waals surface area (Å²) >= 11 is 0. The number of aliphatic hydroxyl groups is 1. The monoisotopic (exact) mass is 365 g/mol. The summed E-state index contributed by atoms with van der Waals surface area (Å²) in [4.78, 5) is 13.2. The lowest BCUT2D eigenvalue weighted by atomic mass is 10.2. The third kappa shape index (κ3) is 3.06. The van der Waals surface area contributed by atoms with Crippen molar-refractivity contribution in [1.29, 1.82) is 0 Å². The number of halogens is 1. The van der Waals surface area contributed by atoms with Crippen LogP contribution in [-0.2, 0) is 6.61 Å². The molecule has 0 saturated heterocycles. The Morgan fingerprint density at radius 1 is 1.07 bits per heavy atom. The molecule has 27 heavy (non-hydrogen) atoms. The molecular formula is C19H16FN5O2. The number of hydrogen-bond donors (Lipinski definition) is 2. The maximum absolute atomic E-state index is 12.6. The lowest BCUT2D eigenvalue weighted by molar-refractivity contribution is 0.185. The van der Waals surface area contributed by atoms with Gasteiger partial charge < -0.3 is 15.6 Å². The first-order chi connectivity index (χ1) is 13.2. The number of aliphatic hydroxyl groups excluding tert-OH is 1. The minimum Gasteiger partial charge on any atom is -0.446 e. The number of aromatic nitrogens is 4. The van der Waals surface area contributed by atoms with E-state index in [2.05, 4.69) is 15.0 Å². The number of rotatable bonds is 5. The number of fused-ring (bicyclic) bond motifs is 1. The van der Waals surface area contributed by atoms with Crippen molar-refractivity contribution >= 4 is 17.0 Å². The lowest BCUT2D eigenvalue weighted by Gasteiger charge is -2.11. The van der Waals surface area contributed by atoms with Gasteiger partial charge in [-0.2, -0.15) is 4.98 Å². The van der Waals surface area contributed by atoms with Crippen molar-refractivity contribution in [2.75, 3.05) is 12.6 Å². The number of ether oxygens (including phenoxy) is 1. The van der Waals surface area contributed by atoms with Gasteiger partial charge in [0.1, 0.15) is 11.3 Å². The number of alkyl halides is 1.